The molecule has 0 saturated carbocycles. The van der Waals surface area contributed by atoms with Gasteiger partial charge in [-0.1, -0.05) is 17.7 Å². The largest absolute Gasteiger partial charge is 0.406 e. The molecule has 0 atom stereocenters. The van der Waals surface area contributed by atoms with Gasteiger partial charge in [0, 0.05) is 17.8 Å². The van der Waals surface area contributed by atoms with E-state index in [4.69, 9.17) is 11.6 Å². The van der Waals surface area contributed by atoms with Crippen LogP contribution in [0.5, 0.6) is 0 Å². The summed E-state index contributed by atoms with van der Waals surface area (Å²) >= 11 is 5.79. The molecule has 1 N–H and O–H groups in total. The second kappa shape index (κ2) is 8.16. The zero-order valence-corrected chi connectivity index (χ0v) is 13.4. The number of anilines is 1. The highest BCUT2D eigenvalue weighted by atomic mass is 35.5. The maximum atomic E-state index is 12.2. The van der Waals surface area contributed by atoms with E-state index in [9.17, 15) is 22.8 Å². The number of rotatable bonds is 6. The lowest BCUT2D eigenvalue weighted by Gasteiger charge is -2.22. The molecule has 2 amide bonds. The van der Waals surface area contributed by atoms with Gasteiger partial charge < -0.3 is 10.2 Å². The number of nitrogens with zero attached hydrogens (tertiary/aromatic N) is 2. The quantitative estimate of drug-likeness (QED) is 0.855. The molecule has 23 heavy (non-hydrogen) atoms. The summed E-state index contributed by atoms with van der Waals surface area (Å²) in [5.41, 5.74) is 0.497. The van der Waals surface area contributed by atoms with E-state index >= 15 is 0 Å². The van der Waals surface area contributed by atoms with Gasteiger partial charge in [0.2, 0.25) is 11.8 Å². The summed E-state index contributed by atoms with van der Waals surface area (Å²) in [6, 6.07) is 6.52. The van der Waals surface area contributed by atoms with Crippen LogP contribution in [0.15, 0.2) is 24.3 Å². The highest BCUT2D eigenvalue weighted by molar-refractivity contribution is 6.30. The van der Waals surface area contributed by atoms with Gasteiger partial charge in [-0.2, -0.15) is 13.2 Å². The van der Waals surface area contributed by atoms with Crippen LogP contribution in [0.2, 0.25) is 5.02 Å². The molecular weight excluding hydrogens is 335 g/mol. The molecule has 0 fully saturated rings. The van der Waals surface area contributed by atoms with Crippen LogP contribution in [0.25, 0.3) is 0 Å². The average molecular weight is 352 g/mol. The van der Waals surface area contributed by atoms with Crippen molar-refractivity contribution in [2.45, 2.75) is 6.18 Å². The van der Waals surface area contributed by atoms with E-state index in [0.717, 1.165) is 7.05 Å². The van der Waals surface area contributed by atoms with Crippen LogP contribution in [-0.2, 0) is 9.59 Å². The van der Waals surface area contributed by atoms with Gasteiger partial charge in [-0.25, -0.2) is 0 Å². The summed E-state index contributed by atoms with van der Waals surface area (Å²) < 4.78 is 36.6. The molecule has 9 heteroatoms. The molecule has 0 spiro atoms. The normalized spacial score (nSPS) is 11.4. The Morgan fingerprint density at radius 3 is 2.43 bits per heavy atom. The summed E-state index contributed by atoms with van der Waals surface area (Å²) in [4.78, 5) is 25.4. The molecule has 0 aliphatic heterocycles. The lowest BCUT2D eigenvalue weighted by Crippen LogP contribution is -2.43. The Hall–Kier alpha value is -1.80. The average Bonchev–Trinajstić information content (AvgIpc) is 2.35. The minimum Gasteiger partial charge on any atom is -0.336 e. The highest BCUT2D eigenvalue weighted by Gasteiger charge is 2.31. The van der Waals surface area contributed by atoms with Crippen molar-refractivity contribution >= 4 is 29.1 Å². The number of hydrogen-bond acceptors (Lipinski definition) is 3. The molecule has 1 rings (SSSR count). The van der Waals surface area contributed by atoms with E-state index in [1.807, 2.05) is 0 Å². The number of carbonyl (C=O) groups excluding carboxylic acids is 2. The second-order valence-electron chi connectivity index (χ2n) is 5.10. The summed E-state index contributed by atoms with van der Waals surface area (Å²) in [7, 11) is 2.53. The molecule has 1 aromatic rings. The van der Waals surface area contributed by atoms with E-state index in [0.29, 0.717) is 15.6 Å². The third-order valence-electron chi connectivity index (χ3n) is 2.77. The summed E-state index contributed by atoms with van der Waals surface area (Å²) in [6.07, 6.45) is -4.45. The molecule has 0 saturated heterocycles. The van der Waals surface area contributed by atoms with Crippen molar-refractivity contribution in [3.63, 3.8) is 0 Å². The maximum absolute atomic E-state index is 12.2. The van der Waals surface area contributed by atoms with Crippen LogP contribution >= 0.6 is 11.6 Å². The molecule has 5 nitrogen and oxygen atoms in total. The minimum atomic E-state index is -4.45. The second-order valence-corrected chi connectivity index (χ2v) is 5.53. The molecular formula is C14H17ClF3N3O2. The van der Waals surface area contributed by atoms with Gasteiger partial charge >= 0.3 is 6.18 Å². The third kappa shape index (κ3) is 7.85. The predicted octanol–water partition coefficient (Wildman–Crippen LogP) is 2.23. The highest BCUT2D eigenvalue weighted by Crippen LogP contribution is 2.16. The van der Waals surface area contributed by atoms with Gasteiger partial charge in [0.05, 0.1) is 13.1 Å². The van der Waals surface area contributed by atoms with E-state index in [2.05, 4.69) is 5.32 Å². The molecule has 0 aliphatic rings. The van der Waals surface area contributed by atoms with Crippen molar-refractivity contribution in [2.75, 3.05) is 39.0 Å². The number of nitrogens with one attached hydrogen (secondary N) is 1. The Labute approximate surface area is 137 Å². The summed E-state index contributed by atoms with van der Waals surface area (Å²) in [5, 5.41) is 3.04. The number of carbonyl (C=O) groups is 2. The van der Waals surface area contributed by atoms with Crippen LogP contribution in [0.4, 0.5) is 18.9 Å². The first kappa shape index (κ1) is 19.2. The van der Waals surface area contributed by atoms with Crippen molar-refractivity contribution < 1.29 is 22.8 Å². The molecule has 0 unspecified atom stereocenters. The monoisotopic (exact) mass is 351 g/mol. The number of hydrogen-bond donors (Lipinski definition) is 1. The predicted molar refractivity (Wildman–Crippen MR) is 81.3 cm³/mol. The molecule has 0 radical (unpaired) electrons. The maximum Gasteiger partial charge on any atom is 0.406 e. The van der Waals surface area contributed by atoms with Crippen LogP contribution < -0.4 is 5.32 Å². The lowest BCUT2D eigenvalue weighted by atomic mass is 10.3. The molecule has 0 heterocycles. The fourth-order valence-electron chi connectivity index (χ4n) is 1.78. The van der Waals surface area contributed by atoms with Gasteiger partial charge in [0.25, 0.3) is 0 Å². The Kier molecular flexibility index (Phi) is 6.83. The van der Waals surface area contributed by atoms with Crippen molar-refractivity contribution in [1.29, 1.82) is 0 Å². The van der Waals surface area contributed by atoms with Crippen molar-refractivity contribution in [2.24, 2.45) is 0 Å². The van der Waals surface area contributed by atoms with Crippen molar-refractivity contribution in [3.05, 3.63) is 29.3 Å². The van der Waals surface area contributed by atoms with Crippen LogP contribution in [0, 0.1) is 0 Å². The fourth-order valence-corrected chi connectivity index (χ4v) is 1.97. The van der Waals surface area contributed by atoms with E-state index in [1.165, 1.54) is 11.9 Å². The lowest BCUT2D eigenvalue weighted by molar-refractivity contribution is -0.158. The van der Waals surface area contributed by atoms with E-state index in [1.54, 1.807) is 24.3 Å². The number of halogens is 4. The van der Waals surface area contributed by atoms with E-state index < -0.39 is 24.5 Å². The van der Waals surface area contributed by atoms with Crippen LogP contribution in [-0.4, -0.2) is 61.5 Å². The SMILES string of the molecule is CN(CC(=O)Nc1cccc(Cl)c1)CC(=O)N(C)CC(F)(F)F. The van der Waals surface area contributed by atoms with Crippen molar-refractivity contribution in [3.8, 4) is 0 Å². The molecule has 1 aromatic carbocycles. The van der Waals surface area contributed by atoms with Gasteiger partial charge in [-0.3, -0.25) is 14.5 Å². The Morgan fingerprint density at radius 2 is 1.87 bits per heavy atom. The van der Waals surface area contributed by atoms with Gasteiger partial charge in [0.15, 0.2) is 0 Å². The molecule has 0 aliphatic carbocycles. The van der Waals surface area contributed by atoms with Crippen LogP contribution in [0.1, 0.15) is 0 Å². The third-order valence-corrected chi connectivity index (χ3v) is 3.00. The zero-order chi connectivity index (χ0) is 17.6. The van der Waals surface area contributed by atoms with Crippen LogP contribution in [0.3, 0.4) is 0 Å². The Balaban J connectivity index is 2.45. The first-order valence-corrected chi connectivity index (χ1v) is 6.99. The summed E-state index contributed by atoms with van der Waals surface area (Å²) in [6.45, 7) is -1.76. The standard InChI is InChI=1S/C14H17ClF3N3O2/c1-20(8-13(23)21(2)9-14(16,17)18)7-12(22)19-11-5-3-4-10(15)6-11/h3-6H,7-9H2,1-2H3,(H,19,22). The van der Waals surface area contributed by atoms with Gasteiger partial charge in [-0.05, 0) is 25.2 Å². The van der Waals surface area contributed by atoms with Gasteiger partial charge in [0.1, 0.15) is 6.54 Å². The minimum absolute atomic E-state index is 0.141. The first-order valence-electron chi connectivity index (χ1n) is 6.61. The first-order chi connectivity index (χ1) is 10.6. The molecule has 128 valence electrons. The van der Waals surface area contributed by atoms with Gasteiger partial charge in [-0.15, -0.1) is 0 Å². The Bertz CT molecular complexity index is 566. The number of alkyl halides is 3. The number of amides is 2. The zero-order valence-electron chi connectivity index (χ0n) is 12.7. The molecule has 0 aromatic heterocycles. The van der Waals surface area contributed by atoms with E-state index in [-0.39, 0.29) is 13.1 Å². The van der Waals surface area contributed by atoms with Crippen molar-refractivity contribution in [1.82, 2.24) is 9.80 Å². The smallest absolute Gasteiger partial charge is 0.336 e. The number of benzene rings is 1. The Morgan fingerprint density at radius 1 is 1.22 bits per heavy atom. The molecule has 0 bridgehead atoms. The summed E-state index contributed by atoms with van der Waals surface area (Å²) in [5.74, 6) is -1.12. The topological polar surface area (TPSA) is 52.7 Å². The fraction of sp³-hybridized carbons (Fsp3) is 0.429. The number of likely N-dealkylation sites (N-methyl/N-ethyl adjacent to an activating group) is 2.